The third-order valence-corrected chi connectivity index (χ3v) is 3.21. The quantitative estimate of drug-likeness (QED) is 0.558. The van der Waals surface area contributed by atoms with E-state index in [9.17, 15) is 4.79 Å². The molecular weight excluding hydrogens is 236 g/mol. The van der Waals surface area contributed by atoms with E-state index in [4.69, 9.17) is 5.73 Å². The average molecular weight is 262 g/mol. The van der Waals surface area contributed by atoms with Crippen LogP contribution in [0.5, 0.6) is 0 Å². The lowest BCUT2D eigenvalue weighted by Gasteiger charge is -2.07. The Morgan fingerprint density at radius 1 is 1.26 bits per heavy atom. The van der Waals surface area contributed by atoms with E-state index >= 15 is 0 Å². The SMILES string of the molecule is CC(C)CCCCNC(=O)CCc1ccccc1N. The highest BCUT2D eigenvalue weighted by molar-refractivity contribution is 5.76. The van der Waals surface area contributed by atoms with Crippen LogP contribution < -0.4 is 11.1 Å². The normalized spacial score (nSPS) is 10.7. The van der Waals surface area contributed by atoms with E-state index in [1.807, 2.05) is 24.3 Å². The first-order chi connectivity index (χ1) is 9.09. The van der Waals surface area contributed by atoms with Crippen molar-refractivity contribution >= 4 is 11.6 Å². The molecule has 1 aromatic carbocycles. The number of benzene rings is 1. The van der Waals surface area contributed by atoms with Crippen molar-refractivity contribution in [1.29, 1.82) is 0 Å². The fraction of sp³-hybridized carbons (Fsp3) is 0.562. The van der Waals surface area contributed by atoms with Crippen LogP contribution in [0.1, 0.15) is 45.1 Å². The molecule has 3 nitrogen and oxygen atoms in total. The molecule has 0 atom stereocenters. The van der Waals surface area contributed by atoms with Gasteiger partial charge in [-0.2, -0.15) is 0 Å². The van der Waals surface area contributed by atoms with Crippen LogP contribution in [-0.4, -0.2) is 12.5 Å². The van der Waals surface area contributed by atoms with Gasteiger partial charge in [0.1, 0.15) is 0 Å². The highest BCUT2D eigenvalue weighted by Gasteiger charge is 2.03. The number of hydrogen-bond donors (Lipinski definition) is 2. The first-order valence-electron chi connectivity index (χ1n) is 7.19. The van der Waals surface area contributed by atoms with E-state index in [0.717, 1.165) is 30.1 Å². The molecule has 1 rings (SSSR count). The van der Waals surface area contributed by atoms with Crippen molar-refractivity contribution in [3.63, 3.8) is 0 Å². The Kier molecular flexibility index (Phi) is 7.01. The standard InChI is InChI=1S/C16H26N2O/c1-13(2)7-5-6-12-18-16(19)11-10-14-8-3-4-9-15(14)17/h3-4,8-9,13H,5-7,10-12,17H2,1-2H3,(H,18,19). The Bertz CT molecular complexity index is 388. The van der Waals surface area contributed by atoms with Crippen molar-refractivity contribution in [2.45, 2.75) is 46.0 Å². The maximum atomic E-state index is 11.7. The van der Waals surface area contributed by atoms with Crippen LogP contribution in [0.15, 0.2) is 24.3 Å². The highest BCUT2D eigenvalue weighted by atomic mass is 16.1. The van der Waals surface area contributed by atoms with Crippen LogP contribution >= 0.6 is 0 Å². The zero-order chi connectivity index (χ0) is 14.1. The van der Waals surface area contributed by atoms with Gasteiger partial charge in [-0.25, -0.2) is 0 Å². The number of nitrogens with two attached hydrogens (primary N) is 1. The fourth-order valence-electron chi connectivity index (χ4n) is 2.00. The van der Waals surface area contributed by atoms with Gasteiger partial charge in [0.25, 0.3) is 0 Å². The molecule has 0 aliphatic heterocycles. The topological polar surface area (TPSA) is 55.1 Å². The smallest absolute Gasteiger partial charge is 0.220 e. The van der Waals surface area contributed by atoms with Crippen molar-refractivity contribution in [2.75, 3.05) is 12.3 Å². The minimum atomic E-state index is 0.118. The highest BCUT2D eigenvalue weighted by Crippen LogP contribution is 2.12. The van der Waals surface area contributed by atoms with E-state index in [-0.39, 0.29) is 5.91 Å². The van der Waals surface area contributed by atoms with Gasteiger partial charge < -0.3 is 11.1 Å². The first kappa shape index (κ1) is 15.5. The summed E-state index contributed by atoms with van der Waals surface area (Å²) >= 11 is 0. The van der Waals surface area contributed by atoms with Crippen molar-refractivity contribution in [3.8, 4) is 0 Å². The van der Waals surface area contributed by atoms with Crippen LogP contribution in [0.3, 0.4) is 0 Å². The summed E-state index contributed by atoms with van der Waals surface area (Å²) in [7, 11) is 0. The van der Waals surface area contributed by atoms with E-state index in [1.165, 1.54) is 12.8 Å². The summed E-state index contributed by atoms with van der Waals surface area (Å²) in [6.45, 7) is 5.24. The van der Waals surface area contributed by atoms with Gasteiger partial charge >= 0.3 is 0 Å². The molecule has 1 aromatic rings. The molecule has 0 aromatic heterocycles. The number of unbranched alkanes of at least 4 members (excludes halogenated alkanes) is 1. The van der Waals surface area contributed by atoms with Crippen LogP contribution in [-0.2, 0) is 11.2 Å². The third kappa shape index (κ3) is 6.85. The molecule has 0 aliphatic carbocycles. The number of para-hydroxylation sites is 1. The molecule has 0 heterocycles. The Hall–Kier alpha value is -1.51. The number of nitrogens with one attached hydrogen (secondary N) is 1. The van der Waals surface area contributed by atoms with Crippen molar-refractivity contribution < 1.29 is 4.79 Å². The van der Waals surface area contributed by atoms with Gasteiger partial charge in [0.15, 0.2) is 0 Å². The van der Waals surface area contributed by atoms with E-state index in [1.54, 1.807) is 0 Å². The Morgan fingerprint density at radius 3 is 2.68 bits per heavy atom. The monoisotopic (exact) mass is 262 g/mol. The zero-order valence-electron chi connectivity index (χ0n) is 12.1. The van der Waals surface area contributed by atoms with Gasteiger partial charge in [-0.1, -0.05) is 44.9 Å². The summed E-state index contributed by atoms with van der Waals surface area (Å²) in [6, 6.07) is 7.72. The number of aryl methyl sites for hydroxylation is 1. The number of anilines is 1. The summed E-state index contributed by atoms with van der Waals surface area (Å²) in [4.78, 5) is 11.7. The second-order valence-electron chi connectivity index (χ2n) is 5.44. The predicted octanol–water partition coefficient (Wildman–Crippen LogP) is 3.14. The second-order valence-corrected chi connectivity index (χ2v) is 5.44. The molecule has 3 heteroatoms. The largest absolute Gasteiger partial charge is 0.399 e. The van der Waals surface area contributed by atoms with Crippen LogP contribution in [0, 0.1) is 5.92 Å². The number of nitrogen functional groups attached to an aromatic ring is 1. The van der Waals surface area contributed by atoms with Gasteiger partial charge in [0.2, 0.25) is 5.91 Å². The lowest BCUT2D eigenvalue weighted by Crippen LogP contribution is -2.24. The maximum absolute atomic E-state index is 11.7. The van der Waals surface area contributed by atoms with Gasteiger partial charge in [-0.05, 0) is 30.4 Å². The lowest BCUT2D eigenvalue weighted by molar-refractivity contribution is -0.121. The van der Waals surface area contributed by atoms with Crippen LogP contribution in [0.2, 0.25) is 0 Å². The molecule has 19 heavy (non-hydrogen) atoms. The molecule has 3 N–H and O–H groups in total. The molecular formula is C16H26N2O. The summed E-state index contributed by atoms with van der Waals surface area (Å²) in [6.07, 6.45) is 4.71. The average Bonchev–Trinajstić information content (AvgIpc) is 2.37. The Balaban J connectivity index is 2.13. The number of hydrogen-bond acceptors (Lipinski definition) is 2. The number of carbonyl (C=O) groups excluding carboxylic acids is 1. The van der Waals surface area contributed by atoms with Gasteiger partial charge in [0, 0.05) is 18.7 Å². The molecule has 0 bridgehead atoms. The summed E-state index contributed by atoms with van der Waals surface area (Å²) < 4.78 is 0. The van der Waals surface area contributed by atoms with Crippen LogP contribution in [0.25, 0.3) is 0 Å². The van der Waals surface area contributed by atoms with Crippen molar-refractivity contribution in [1.82, 2.24) is 5.32 Å². The first-order valence-corrected chi connectivity index (χ1v) is 7.19. The third-order valence-electron chi connectivity index (χ3n) is 3.21. The minimum Gasteiger partial charge on any atom is -0.399 e. The molecule has 0 saturated carbocycles. The second kappa shape index (κ2) is 8.57. The molecule has 0 saturated heterocycles. The van der Waals surface area contributed by atoms with E-state index in [2.05, 4.69) is 19.2 Å². The summed E-state index contributed by atoms with van der Waals surface area (Å²) in [5, 5.41) is 2.97. The fourth-order valence-corrected chi connectivity index (χ4v) is 2.00. The zero-order valence-corrected chi connectivity index (χ0v) is 12.1. The van der Waals surface area contributed by atoms with E-state index in [0.29, 0.717) is 12.8 Å². The van der Waals surface area contributed by atoms with Gasteiger partial charge in [0.05, 0.1) is 0 Å². The van der Waals surface area contributed by atoms with Crippen molar-refractivity contribution in [3.05, 3.63) is 29.8 Å². The summed E-state index contributed by atoms with van der Waals surface area (Å²) in [5.41, 5.74) is 7.67. The number of amides is 1. The molecule has 0 fully saturated rings. The minimum absolute atomic E-state index is 0.118. The molecule has 0 aliphatic rings. The predicted molar refractivity (Wildman–Crippen MR) is 80.9 cm³/mol. The molecule has 0 spiro atoms. The van der Waals surface area contributed by atoms with Gasteiger partial charge in [-0.15, -0.1) is 0 Å². The number of rotatable bonds is 8. The molecule has 0 unspecified atom stereocenters. The van der Waals surface area contributed by atoms with Crippen LogP contribution in [0.4, 0.5) is 5.69 Å². The molecule has 106 valence electrons. The van der Waals surface area contributed by atoms with E-state index < -0.39 is 0 Å². The van der Waals surface area contributed by atoms with Crippen molar-refractivity contribution in [2.24, 2.45) is 5.92 Å². The maximum Gasteiger partial charge on any atom is 0.220 e. The number of carbonyl (C=O) groups is 1. The Morgan fingerprint density at radius 2 is 2.00 bits per heavy atom. The molecule has 1 amide bonds. The lowest BCUT2D eigenvalue weighted by atomic mass is 10.1. The summed E-state index contributed by atoms with van der Waals surface area (Å²) in [5.74, 6) is 0.865. The molecule has 0 radical (unpaired) electrons. The Labute approximate surface area is 116 Å². The van der Waals surface area contributed by atoms with Gasteiger partial charge in [-0.3, -0.25) is 4.79 Å².